The first-order valence-electron chi connectivity index (χ1n) is 9.75. The molecule has 0 aromatic carbocycles. The van der Waals surface area contributed by atoms with Crippen molar-refractivity contribution in [3.05, 3.63) is 0 Å². The zero-order chi connectivity index (χ0) is 17.1. The second kappa shape index (κ2) is 7.84. The van der Waals surface area contributed by atoms with Crippen LogP contribution in [0.3, 0.4) is 0 Å². The van der Waals surface area contributed by atoms with Crippen molar-refractivity contribution in [1.29, 1.82) is 0 Å². The molecule has 0 spiro atoms. The predicted octanol–water partition coefficient (Wildman–Crippen LogP) is 4.71. The first-order chi connectivity index (χ1) is 10.8. The molecule has 1 heterocycles. The van der Waals surface area contributed by atoms with Gasteiger partial charge in [-0.1, -0.05) is 39.0 Å². The Kier molecular flexibility index (Phi) is 6.55. The number of aliphatic hydroxyl groups is 1. The number of hydrogen-bond acceptors (Lipinski definition) is 3. The average Bonchev–Trinajstić information content (AvgIpc) is 2.85. The Morgan fingerprint density at radius 2 is 1.70 bits per heavy atom. The Bertz CT molecular complexity index is 368. The third-order valence-corrected chi connectivity index (χ3v) is 6.61. The van der Waals surface area contributed by atoms with Crippen LogP contribution < -0.4 is 0 Å². The zero-order valence-electron chi connectivity index (χ0n) is 15.9. The molecular weight excluding hydrogens is 288 g/mol. The lowest BCUT2D eigenvalue weighted by molar-refractivity contribution is 0.0522. The summed E-state index contributed by atoms with van der Waals surface area (Å²) in [6, 6.07) is 0. The van der Waals surface area contributed by atoms with E-state index in [9.17, 15) is 5.11 Å². The lowest BCUT2D eigenvalue weighted by Crippen LogP contribution is -2.26. The first-order valence-corrected chi connectivity index (χ1v) is 9.75. The molecule has 0 amide bonds. The van der Waals surface area contributed by atoms with Crippen LogP contribution in [0.4, 0.5) is 0 Å². The maximum Gasteiger partial charge on any atom is 0.0946 e. The molecule has 1 saturated carbocycles. The van der Waals surface area contributed by atoms with Crippen LogP contribution in [-0.2, 0) is 9.47 Å². The molecule has 3 nitrogen and oxygen atoms in total. The summed E-state index contributed by atoms with van der Waals surface area (Å²) in [5, 5.41) is 10.5. The van der Waals surface area contributed by atoms with Crippen LogP contribution in [0.25, 0.3) is 0 Å². The number of aliphatic hydroxyl groups excluding tert-OH is 1. The Balaban J connectivity index is 1.84. The summed E-state index contributed by atoms with van der Waals surface area (Å²) in [7, 11) is 1.80. The van der Waals surface area contributed by atoms with Gasteiger partial charge in [0.1, 0.15) is 0 Å². The number of unbranched alkanes of at least 4 members (excludes halogenated alkanes) is 4. The molecule has 0 bridgehead atoms. The van der Waals surface area contributed by atoms with E-state index in [1.807, 2.05) is 0 Å². The first kappa shape index (κ1) is 19.2. The third kappa shape index (κ3) is 4.49. The van der Waals surface area contributed by atoms with Gasteiger partial charge in [0.25, 0.3) is 0 Å². The highest BCUT2D eigenvalue weighted by Gasteiger charge is 2.59. The Labute approximate surface area is 143 Å². The summed E-state index contributed by atoms with van der Waals surface area (Å²) < 4.78 is 11.6. The number of epoxide rings is 1. The smallest absolute Gasteiger partial charge is 0.0946 e. The minimum Gasteiger partial charge on any atom is -0.393 e. The molecule has 1 aliphatic carbocycles. The largest absolute Gasteiger partial charge is 0.393 e. The summed E-state index contributed by atoms with van der Waals surface area (Å²) >= 11 is 0. The number of methoxy groups -OCH3 is 1. The minimum atomic E-state index is -0.183. The molecule has 0 aromatic heterocycles. The number of ether oxygens (including phenoxy) is 2. The molecule has 2 fully saturated rings. The second-order valence-electron chi connectivity index (χ2n) is 8.49. The van der Waals surface area contributed by atoms with E-state index in [0.717, 1.165) is 25.7 Å². The molecule has 3 heteroatoms. The van der Waals surface area contributed by atoms with Crippen molar-refractivity contribution in [1.82, 2.24) is 0 Å². The van der Waals surface area contributed by atoms with Gasteiger partial charge >= 0.3 is 0 Å². The van der Waals surface area contributed by atoms with Crippen LogP contribution in [-0.4, -0.2) is 35.6 Å². The van der Waals surface area contributed by atoms with Crippen molar-refractivity contribution in [2.45, 2.75) is 109 Å². The number of rotatable bonds is 10. The monoisotopic (exact) mass is 326 g/mol. The summed E-state index contributed by atoms with van der Waals surface area (Å²) in [5.74, 6) is 0.894. The molecule has 0 aromatic rings. The lowest BCUT2D eigenvalue weighted by atomic mass is 9.82. The van der Waals surface area contributed by atoms with Gasteiger partial charge in [-0.2, -0.15) is 0 Å². The third-order valence-electron chi connectivity index (χ3n) is 6.61. The number of hydrogen-bond donors (Lipinski definition) is 1. The Morgan fingerprint density at radius 1 is 1.04 bits per heavy atom. The van der Waals surface area contributed by atoms with Gasteiger partial charge in [0.2, 0.25) is 0 Å². The highest BCUT2D eigenvalue weighted by atomic mass is 16.6. The van der Waals surface area contributed by atoms with Crippen molar-refractivity contribution in [3.8, 4) is 0 Å². The van der Waals surface area contributed by atoms with Crippen molar-refractivity contribution in [3.63, 3.8) is 0 Å². The van der Waals surface area contributed by atoms with E-state index in [2.05, 4.69) is 27.7 Å². The fourth-order valence-electron chi connectivity index (χ4n) is 4.54. The van der Waals surface area contributed by atoms with E-state index in [4.69, 9.17) is 9.47 Å². The Morgan fingerprint density at radius 3 is 2.26 bits per heavy atom. The Hall–Kier alpha value is -0.120. The van der Waals surface area contributed by atoms with E-state index in [-0.39, 0.29) is 23.4 Å². The van der Waals surface area contributed by atoms with Crippen LogP contribution in [0.5, 0.6) is 0 Å². The van der Waals surface area contributed by atoms with Crippen LogP contribution in [0.2, 0.25) is 0 Å². The van der Waals surface area contributed by atoms with Gasteiger partial charge in [-0.25, -0.2) is 0 Å². The maximum absolute atomic E-state index is 10.5. The lowest BCUT2D eigenvalue weighted by Gasteiger charge is -2.26. The summed E-state index contributed by atoms with van der Waals surface area (Å²) in [5.41, 5.74) is 0.0347. The molecular formula is C20H38O3. The molecule has 1 aliphatic heterocycles. The molecule has 136 valence electrons. The quantitative estimate of drug-likeness (QED) is 0.467. The van der Waals surface area contributed by atoms with E-state index >= 15 is 0 Å². The highest BCUT2D eigenvalue weighted by Crippen LogP contribution is 2.52. The van der Waals surface area contributed by atoms with Gasteiger partial charge in [-0.15, -0.1) is 0 Å². The van der Waals surface area contributed by atoms with Gasteiger partial charge in [0, 0.05) is 13.5 Å². The highest BCUT2D eigenvalue weighted by molar-refractivity contribution is 5.08. The van der Waals surface area contributed by atoms with Crippen molar-refractivity contribution in [2.75, 3.05) is 7.11 Å². The normalized spacial score (nSPS) is 38.9. The topological polar surface area (TPSA) is 42.0 Å². The maximum atomic E-state index is 10.5. The van der Waals surface area contributed by atoms with Crippen molar-refractivity contribution in [2.24, 2.45) is 11.8 Å². The van der Waals surface area contributed by atoms with Gasteiger partial charge in [-0.05, 0) is 51.9 Å². The van der Waals surface area contributed by atoms with Crippen LogP contribution in [0.1, 0.15) is 85.5 Å². The van der Waals surface area contributed by atoms with Crippen molar-refractivity contribution < 1.29 is 14.6 Å². The SMILES string of the molecule is CCCCCCC[C@H]1C(O)CC(OC)[C@@H]1CCC1(C)OC1(C)C. The van der Waals surface area contributed by atoms with E-state index < -0.39 is 0 Å². The van der Waals surface area contributed by atoms with E-state index in [1.165, 1.54) is 32.1 Å². The fourth-order valence-corrected chi connectivity index (χ4v) is 4.54. The molecule has 0 radical (unpaired) electrons. The molecule has 1 saturated heterocycles. The molecule has 23 heavy (non-hydrogen) atoms. The van der Waals surface area contributed by atoms with Crippen LogP contribution in [0, 0.1) is 11.8 Å². The van der Waals surface area contributed by atoms with Crippen LogP contribution >= 0.6 is 0 Å². The minimum absolute atomic E-state index is 0.0163. The summed E-state index contributed by atoms with van der Waals surface area (Å²) in [6.07, 6.45) is 10.7. The molecule has 1 N–H and O–H groups in total. The van der Waals surface area contributed by atoms with Crippen molar-refractivity contribution >= 4 is 0 Å². The molecule has 3 unspecified atom stereocenters. The molecule has 2 aliphatic rings. The molecule has 5 atom stereocenters. The van der Waals surface area contributed by atoms with Gasteiger partial charge in [-0.3, -0.25) is 0 Å². The fraction of sp³-hybridized carbons (Fsp3) is 1.00. The molecule has 2 rings (SSSR count). The average molecular weight is 327 g/mol. The van der Waals surface area contributed by atoms with Gasteiger partial charge in [0.15, 0.2) is 0 Å². The predicted molar refractivity (Wildman–Crippen MR) is 94.6 cm³/mol. The van der Waals surface area contributed by atoms with E-state index in [1.54, 1.807) is 7.11 Å². The zero-order valence-corrected chi connectivity index (χ0v) is 15.9. The summed E-state index contributed by atoms with van der Waals surface area (Å²) in [4.78, 5) is 0. The second-order valence-corrected chi connectivity index (χ2v) is 8.49. The standard InChI is InChI=1S/C20H38O3/c1-6-7-8-9-10-11-15-16(18(22-5)14-17(15)21)12-13-20(4)19(2,3)23-20/h15-18,21H,6-14H2,1-5H3/t15-,16-,17?,18?,20?/m1/s1. The summed E-state index contributed by atoms with van der Waals surface area (Å²) in [6.45, 7) is 8.83. The van der Waals surface area contributed by atoms with Gasteiger partial charge in [0.05, 0.1) is 23.4 Å². The van der Waals surface area contributed by atoms with Crippen LogP contribution in [0.15, 0.2) is 0 Å². The van der Waals surface area contributed by atoms with Gasteiger partial charge < -0.3 is 14.6 Å². The van der Waals surface area contributed by atoms with E-state index in [0.29, 0.717) is 11.8 Å².